The Kier molecular flexibility index (Phi) is 19.6. The fourth-order valence-corrected chi connectivity index (χ4v) is 5.85. The highest BCUT2D eigenvalue weighted by molar-refractivity contribution is 5.37. The summed E-state index contributed by atoms with van der Waals surface area (Å²) in [5, 5.41) is 0. The number of benzene rings is 1. The molecule has 8 nitrogen and oxygen atoms in total. The van der Waals surface area contributed by atoms with Crippen molar-refractivity contribution in [1.29, 1.82) is 0 Å². The molecule has 0 amide bonds. The number of rotatable bonds is 27. The number of aromatic nitrogens is 4. The van der Waals surface area contributed by atoms with Crippen molar-refractivity contribution in [2.24, 2.45) is 0 Å². The number of ether oxygens (including phenoxy) is 4. The van der Waals surface area contributed by atoms with Crippen LogP contribution in [0.4, 0.5) is 158 Å². The lowest BCUT2D eigenvalue weighted by Gasteiger charge is -2.33. The molecule has 0 fully saturated rings. The number of nitrogens with zero attached hydrogens (tertiary/aromatic N) is 4. The van der Waals surface area contributed by atoms with Crippen molar-refractivity contribution in [2.75, 3.05) is 26.4 Å². The third-order valence-electron chi connectivity index (χ3n) is 10.5. The highest BCUT2D eigenvalue weighted by Gasteiger charge is 2.84. The van der Waals surface area contributed by atoms with Crippen molar-refractivity contribution in [2.45, 2.75) is 127 Å². The molecule has 0 saturated carbocycles. The van der Waals surface area contributed by atoms with Gasteiger partial charge in [-0.3, -0.25) is 0 Å². The maximum atomic E-state index is 14.4. The highest BCUT2D eigenvalue weighted by Crippen LogP contribution is 2.58. The first-order valence-corrected chi connectivity index (χ1v) is 20.9. The minimum Gasteiger partial charge on any atom is -0.477 e. The molecule has 476 valence electrons. The predicted molar refractivity (Wildman–Crippen MR) is 195 cm³/mol. The van der Waals surface area contributed by atoms with Crippen molar-refractivity contribution < 1.29 is 177 Å². The van der Waals surface area contributed by atoms with Gasteiger partial charge in [0.15, 0.2) is 11.6 Å². The molecule has 83 heavy (non-hydrogen) atoms. The molecule has 0 aliphatic heterocycles. The van der Waals surface area contributed by atoms with Gasteiger partial charge in [0.1, 0.15) is 5.92 Å². The molecule has 1 aromatic carbocycles. The van der Waals surface area contributed by atoms with Crippen LogP contribution in [0.3, 0.4) is 0 Å². The highest BCUT2D eigenvalue weighted by atomic mass is 19.5. The molecule has 2 heterocycles. The Balaban J connectivity index is 2.34. The van der Waals surface area contributed by atoms with Gasteiger partial charge in [0.05, 0.1) is 64.2 Å². The fourth-order valence-electron chi connectivity index (χ4n) is 5.85. The molecule has 3 aromatic rings. The SMILES string of the molecule is FC(F)(F)C(F)(F)C(F)(F)C(F)(F)CCOc1cc(OCCC(F)(F)C(F)(F)C(F)(F)C(F)(F)F)nc(C(c2ccccc2)c2nc(OCCC(F)(F)C(F)(F)C(F)(F)C(F)(F)F)cc(OCCC(F)(F)C(F)(F)C(F)(F)C(F)(F)F)n2)n1. The van der Waals surface area contributed by atoms with Crippen molar-refractivity contribution >= 4 is 0 Å². The zero-order valence-corrected chi connectivity index (χ0v) is 38.8. The molecule has 0 bridgehead atoms. The minimum absolute atomic E-state index is 0.155. The van der Waals surface area contributed by atoms with Gasteiger partial charge in [-0.15, -0.1) is 0 Å². The van der Waals surface area contributed by atoms with Crippen LogP contribution in [0, 0.1) is 0 Å². The van der Waals surface area contributed by atoms with Crippen LogP contribution in [-0.4, -0.2) is 142 Å². The van der Waals surface area contributed by atoms with Gasteiger partial charge in [0, 0.05) is 0 Å². The first kappa shape index (κ1) is 71.3. The number of hydrogen-bond acceptors (Lipinski definition) is 8. The van der Waals surface area contributed by atoms with E-state index in [1.54, 1.807) is 0 Å². The summed E-state index contributed by atoms with van der Waals surface area (Å²) in [5.41, 5.74) is -0.707. The van der Waals surface area contributed by atoms with Gasteiger partial charge in [-0.25, -0.2) is 0 Å². The summed E-state index contributed by atoms with van der Waals surface area (Å²) in [7, 11) is 0. The van der Waals surface area contributed by atoms with Gasteiger partial charge in [-0.05, 0) is 5.56 Å². The van der Waals surface area contributed by atoms with E-state index in [2.05, 4.69) is 38.9 Å². The summed E-state index contributed by atoms with van der Waals surface area (Å²) in [6, 6.07) is 3.88. The lowest BCUT2D eigenvalue weighted by atomic mass is 9.97. The average molecular weight is 1300 g/mol. The van der Waals surface area contributed by atoms with Crippen LogP contribution in [-0.2, 0) is 0 Å². The fraction of sp³-hybridized carbons (Fsp3) is 0.641. The molecule has 0 saturated heterocycles. The molecule has 0 atom stereocenters. The molecule has 0 spiro atoms. The van der Waals surface area contributed by atoms with Crippen LogP contribution in [0.25, 0.3) is 0 Å². The second kappa shape index (κ2) is 22.8. The molecule has 3 rings (SSSR count). The monoisotopic (exact) mass is 1300 g/mol. The maximum Gasteiger partial charge on any atom is 0.460 e. The van der Waals surface area contributed by atoms with E-state index < -0.39 is 195 Å². The van der Waals surface area contributed by atoms with E-state index in [1.807, 2.05) is 0 Å². The molecule has 0 N–H and O–H groups in total. The number of alkyl halides is 36. The maximum absolute atomic E-state index is 14.4. The second-order valence-electron chi connectivity index (χ2n) is 16.4. The van der Waals surface area contributed by atoms with E-state index in [0.717, 1.165) is 30.3 Å². The van der Waals surface area contributed by atoms with E-state index in [1.165, 1.54) is 0 Å². The molecule has 0 unspecified atom stereocenters. The van der Waals surface area contributed by atoms with Crippen molar-refractivity contribution in [3.8, 4) is 23.5 Å². The van der Waals surface area contributed by atoms with Crippen LogP contribution in [0.5, 0.6) is 23.5 Å². The first-order chi connectivity index (χ1) is 36.8. The third kappa shape index (κ3) is 13.8. The molecular weight excluding hydrogens is 1270 g/mol. The van der Waals surface area contributed by atoms with Gasteiger partial charge in [-0.1, -0.05) is 30.3 Å². The van der Waals surface area contributed by atoms with Gasteiger partial charge in [0.2, 0.25) is 23.5 Å². The van der Waals surface area contributed by atoms with Gasteiger partial charge < -0.3 is 18.9 Å². The van der Waals surface area contributed by atoms with E-state index in [9.17, 15) is 158 Å². The lowest BCUT2D eigenvalue weighted by Crippen LogP contribution is -2.61. The molecule has 0 radical (unpaired) electrons. The summed E-state index contributed by atoms with van der Waals surface area (Å²) in [5.74, 6) is -98.6. The zero-order valence-electron chi connectivity index (χ0n) is 38.8. The second-order valence-corrected chi connectivity index (χ2v) is 16.4. The van der Waals surface area contributed by atoms with Crippen molar-refractivity contribution in [1.82, 2.24) is 19.9 Å². The Morgan fingerprint density at radius 1 is 0.277 bits per heavy atom. The molecule has 0 aliphatic rings. The zero-order chi connectivity index (χ0) is 64.9. The quantitative estimate of drug-likeness (QED) is 0.0698. The van der Waals surface area contributed by atoms with E-state index in [4.69, 9.17) is 0 Å². The van der Waals surface area contributed by atoms with Gasteiger partial charge in [0.25, 0.3) is 0 Å². The third-order valence-corrected chi connectivity index (χ3v) is 10.5. The lowest BCUT2D eigenvalue weighted by molar-refractivity contribution is -0.397. The smallest absolute Gasteiger partial charge is 0.460 e. The molecule has 0 aliphatic carbocycles. The standard InChI is InChI=1S/C39H24F36N4O4/c40-24(41,28(48,49)32(56,57)36(64,65)66)6-10-80-17-14-18(81-11-7-25(42,43)29(50,51)33(58,59)37(67,68)69)77-22(76-17)21(16-4-2-1-3-5-16)23-78-19(82-12-8-26(44,45)30(52,53)34(60,61)38(70,71)72)15-20(79-23)83-13-9-27(46,47)31(54,55)35(62,63)39(73,74)75/h1-5,14-15,21H,6-13H2. The Labute approximate surface area is 434 Å². The molecule has 44 heteroatoms. The van der Waals surface area contributed by atoms with Gasteiger partial charge >= 0.3 is 95.8 Å². The average Bonchev–Trinajstić information content (AvgIpc) is 2.36. The van der Waals surface area contributed by atoms with Gasteiger partial charge in [-0.2, -0.15) is 178 Å². The van der Waals surface area contributed by atoms with E-state index in [0.29, 0.717) is 0 Å². The Hall–Kier alpha value is -5.94. The summed E-state index contributed by atoms with van der Waals surface area (Å²) in [6.07, 6.45) is -41.7. The summed E-state index contributed by atoms with van der Waals surface area (Å²) in [6.45, 7) is -9.30. The summed E-state index contributed by atoms with van der Waals surface area (Å²) < 4.78 is 506. The Bertz CT molecular complexity index is 2350. The largest absolute Gasteiger partial charge is 0.477 e. The van der Waals surface area contributed by atoms with E-state index >= 15 is 0 Å². The molecule has 2 aromatic heterocycles. The Morgan fingerprint density at radius 2 is 0.470 bits per heavy atom. The number of hydrogen-bond donors (Lipinski definition) is 0. The predicted octanol–water partition coefficient (Wildman–Crippen LogP) is 15.4. The Morgan fingerprint density at radius 3 is 0.651 bits per heavy atom. The summed E-state index contributed by atoms with van der Waals surface area (Å²) in [4.78, 5) is 13.5. The van der Waals surface area contributed by atoms with E-state index in [-0.39, 0.29) is 12.1 Å². The minimum atomic E-state index is -7.57. The van der Waals surface area contributed by atoms with Crippen molar-refractivity contribution in [3.63, 3.8) is 0 Å². The van der Waals surface area contributed by atoms with Crippen LogP contribution in [0.1, 0.15) is 48.8 Å². The van der Waals surface area contributed by atoms with Crippen molar-refractivity contribution in [3.05, 3.63) is 59.7 Å². The normalized spacial score (nSPS) is 15.0. The van der Waals surface area contributed by atoms with Crippen LogP contribution in [0.15, 0.2) is 42.5 Å². The number of halogens is 36. The van der Waals surface area contributed by atoms with Crippen LogP contribution < -0.4 is 18.9 Å². The first-order valence-electron chi connectivity index (χ1n) is 20.9. The van der Waals surface area contributed by atoms with Crippen LogP contribution >= 0.6 is 0 Å². The van der Waals surface area contributed by atoms with Crippen LogP contribution in [0.2, 0.25) is 0 Å². The topological polar surface area (TPSA) is 88.5 Å². The molecular formula is C39H24F36N4O4. The summed E-state index contributed by atoms with van der Waals surface area (Å²) >= 11 is 0.